The van der Waals surface area contributed by atoms with Gasteiger partial charge in [0.25, 0.3) is 0 Å². The second kappa shape index (κ2) is 5.28. The van der Waals surface area contributed by atoms with Gasteiger partial charge in [0.2, 0.25) is 0 Å². The van der Waals surface area contributed by atoms with Crippen molar-refractivity contribution in [2.45, 2.75) is 53.5 Å². The van der Waals surface area contributed by atoms with Crippen molar-refractivity contribution in [2.75, 3.05) is 5.32 Å². The average molecular weight is 221 g/mol. The first-order valence-corrected chi connectivity index (χ1v) is 5.92. The molecular formula is C13H23N3. The molecule has 3 heteroatoms. The van der Waals surface area contributed by atoms with Crippen molar-refractivity contribution in [3.63, 3.8) is 0 Å². The molecule has 1 aromatic rings. The van der Waals surface area contributed by atoms with E-state index in [1.807, 2.05) is 13.0 Å². The second-order valence-corrected chi connectivity index (χ2v) is 5.69. The van der Waals surface area contributed by atoms with Crippen molar-refractivity contribution in [1.29, 1.82) is 0 Å². The largest absolute Gasteiger partial charge is 0.368 e. The van der Waals surface area contributed by atoms with Crippen LogP contribution in [0, 0.1) is 12.3 Å². The molecule has 1 rings (SSSR count). The third kappa shape index (κ3) is 5.10. The monoisotopic (exact) mass is 221 g/mol. The number of aryl methyl sites for hydroxylation is 1. The molecule has 0 fully saturated rings. The van der Waals surface area contributed by atoms with Crippen molar-refractivity contribution in [3.8, 4) is 0 Å². The van der Waals surface area contributed by atoms with Gasteiger partial charge in [-0.1, -0.05) is 20.8 Å². The Morgan fingerprint density at radius 2 is 2.00 bits per heavy atom. The van der Waals surface area contributed by atoms with E-state index in [2.05, 4.69) is 43.0 Å². The highest BCUT2D eigenvalue weighted by molar-refractivity contribution is 5.35. The fraction of sp³-hybridized carbons (Fsp3) is 0.692. The van der Waals surface area contributed by atoms with Crippen LogP contribution in [0.4, 0.5) is 5.82 Å². The summed E-state index contributed by atoms with van der Waals surface area (Å²) in [4.78, 5) is 8.28. The minimum atomic E-state index is 0.400. The van der Waals surface area contributed by atoms with Gasteiger partial charge >= 0.3 is 0 Å². The Labute approximate surface area is 98.7 Å². The van der Waals surface area contributed by atoms with Crippen LogP contribution in [0.3, 0.4) is 0 Å². The third-order valence-electron chi connectivity index (χ3n) is 2.53. The normalized spacial score (nSPS) is 13.6. The smallest absolute Gasteiger partial charge is 0.129 e. The highest BCUT2D eigenvalue weighted by Gasteiger charge is 2.12. The zero-order chi connectivity index (χ0) is 12.2. The molecule has 0 aliphatic carbocycles. The maximum Gasteiger partial charge on any atom is 0.129 e. The van der Waals surface area contributed by atoms with E-state index < -0.39 is 0 Å². The van der Waals surface area contributed by atoms with Gasteiger partial charge in [0.1, 0.15) is 12.1 Å². The van der Waals surface area contributed by atoms with Crippen LogP contribution in [0.1, 0.15) is 46.2 Å². The van der Waals surface area contributed by atoms with Crippen molar-refractivity contribution < 1.29 is 0 Å². The lowest BCUT2D eigenvalue weighted by atomic mass is 9.89. The molecular weight excluding hydrogens is 198 g/mol. The first-order valence-electron chi connectivity index (χ1n) is 5.92. The van der Waals surface area contributed by atoms with Crippen LogP contribution < -0.4 is 5.32 Å². The predicted molar refractivity (Wildman–Crippen MR) is 68.5 cm³/mol. The first-order chi connectivity index (χ1) is 7.37. The van der Waals surface area contributed by atoms with Gasteiger partial charge in [0, 0.05) is 17.8 Å². The summed E-state index contributed by atoms with van der Waals surface area (Å²) in [5.41, 5.74) is 1.40. The number of nitrogens with zero attached hydrogens (tertiary/aromatic N) is 2. The van der Waals surface area contributed by atoms with Crippen molar-refractivity contribution in [3.05, 3.63) is 18.1 Å². The van der Waals surface area contributed by atoms with E-state index in [9.17, 15) is 0 Å². The SMILES string of the molecule is Cc1cc(NC(C)CCC(C)(C)C)ncn1. The molecule has 0 saturated heterocycles. The van der Waals surface area contributed by atoms with E-state index in [1.165, 1.54) is 6.42 Å². The number of nitrogens with one attached hydrogen (secondary N) is 1. The van der Waals surface area contributed by atoms with Crippen molar-refractivity contribution in [2.24, 2.45) is 5.41 Å². The van der Waals surface area contributed by atoms with E-state index in [-0.39, 0.29) is 0 Å². The molecule has 16 heavy (non-hydrogen) atoms. The van der Waals surface area contributed by atoms with Gasteiger partial charge in [0.15, 0.2) is 0 Å². The lowest BCUT2D eigenvalue weighted by molar-refractivity contribution is 0.356. The molecule has 90 valence electrons. The van der Waals surface area contributed by atoms with Gasteiger partial charge in [-0.25, -0.2) is 9.97 Å². The summed E-state index contributed by atoms with van der Waals surface area (Å²) >= 11 is 0. The molecule has 1 aromatic heterocycles. The van der Waals surface area contributed by atoms with Gasteiger partial charge in [-0.3, -0.25) is 0 Å². The Balaban J connectivity index is 2.43. The van der Waals surface area contributed by atoms with Crippen LogP contribution in [-0.4, -0.2) is 16.0 Å². The van der Waals surface area contributed by atoms with Crippen molar-refractivity contribution >= 4 is 5.82 Å². The van der Waals surface area contributed by atoms with Gasteiger partial charge in [0.05, 0.1) is 0 Å². The lowest BCUT2D eigenvalue weighted by Crippen LogP contribution is -2.19. The summed E-state index contributed by atoms with van der Waals surface area (Å²) < 4.78 is 0. The van der Waals surface area contributed by atoms with Gasteiger partial charge in [-0.2, -0.15) is 0 Å². The highest BCUT2D eigenvalue weighted by atomic mass is 15.0. The summed E-state index contributed by atoms with van der Waals surface area (Å²) in [6.45, 7) is 11.0. The van der Waals surface area contributed by atoms with Crippen LogP contribution in [0.15, 0.2) is 12.4 Å². The average Bonchev–Trinajstić information content (AvgIpc) is 2.14. The van der Waals surface area contributed by atoms with E-state index in [1.54, 1.807) is 6.33 Å². The van der Waals surface area contributed by atoms with E-state index in [0.717, 1.165) is 17.9 Å². The molecule has 1 atom stereocenters. The molecule has 0 radical (unpaired) electrons. The minimum absolute atomic E-state index is 0.400. The van der Waals surface area contributed by atoms with E-state index >= 15 is 0 Å². The molecule has 0 amide bonds. The quantitative estimate of drug-likeness (QED) is 0.846. The Kier molecular flexibility index (Phi) is 4.27. The first kappa shape index (κ1) is 12.9. The molecule has 1 heterocycles. The molecule has 0 saturated carbocycles. The van der Waals surface area contributed by atoms with Gasteiger partial charge in [-0.05, 0) is 32.1 Å². The molecule has 1 N–H and O–H groups in total. The number of aromatic nitrogens is 2. The summed E-state index contributed by atoms with van der Waals surface area (Å²) in [5, 5.41) is 3.40. The molecule has 1 unspecified atom stereocenters. The Hall–Kier alpha value is -1.12. The fourth-order valence-corrected chi connectivity index (χ4v) is 1.51. The predicted octanol–water partition coefficient (Wildman–Crippen LogP) is 3.41. The maximum atomic E-state index is 4.20. The van der Waals surface area contributed by atoms with Crippen molar-refractivity contribution in [1.82, 2.24) is 9.97 Å². The van der Waals surface area contributed by atoms with Crippen LogP contribution in [0.5, 0.6) is 0 Å². The van der Waals surface area contributed by atoms with Crippen LogP contribution >= 0.6 is 0 Å². The van der Waals surface area contributed by atoms with Crippen LogP contribution in [0.25, 0.3) is 0 Å². The zero-order valence-electron chi connectivity index (χ0n) is 11.0. The topological polar surface area (TPSA) is 37.8 Å². The number of hydrogen-bond acceptors (Lipinski definition) is 3. The fourth-order valence-electron chi connectivity index (χ4n) is 1.51. The summed E-state index contributed by atoms with van der Waals surface area (Å²) in [6, 6.07) is 2.43. The van der Waals surface area contributed by atoms with Crippen LogP contribution in [-0.2, 0) is 0 Å². The number of anilines is 1. The molecule has 0 aromatic carbocycles. The van der Waals surface area contributed by atoms with Crippen LogP contribution in [0.2, 0.25) is 0 Å². The zero-order valence-corrected chi connectivity index (χ0v) is 11.0. The number of rotatable bonds is 4. The highest BCUT2D eigenvalue weighted by Crippen LogP contribution is 2.22. The lowest BCUT2D eigenvalue weighted by Gasteiger charge is -2.21. The van der Waals surface area contributed by atoms with Gasteiger partial charge in [-0.15, -0.1) is 0 Å². The minimum Gasteiger partial charge on any atom is -0.368 e. The second-order valence-electron chi connectivity index (χ2n) is 5.69. The van der Waals surface area contributed by atoms with E-state index in [0.29, 0.717) is 11.5 Å². The molecule has 0 spiro atoms. The molecule has 0 bridgehead atoms. The molecule has 3 nitrogen and oxygen atoms in total. The molecule has 0 aliphatic heterocycles. The number of hydrogen-bond donors (Lipinski definition) is 1. The Morgan fingerprint density at radius 1 is 1.31 bits per heavy atom. The Morgan fingerprint density at radius 3 is 2.56 bits per heavy atom. The Bertz CT molecular complexity index is 328. The standard InChI is InChI=1S/C13H23N3/c1-10(6-7-13(3,4)5)16-12-8-11(2)14-9-15-12/h8-10H,6-7H2,1-5H3,(H,14,15,16). The maximum absolute atomic E-state index is 4.20. The van der Waals surface area contributed by atoms with E-state index in [4.69, 9.17) is 0 Å². The third-order valence-corrected chi connectivity index (χ3v) is 2.53. The van der Waals surface area contributed by atoms with Gasteiger partial charge < -0.3 is 5.32 Å². The summed E-state index contributed by atoms with van der Waals surface area (Å²) in [7, 11) is 0. The summed E-state index contributed by atoms with van der Waals surface area (Å²) in [6.07, 6.45) is 3.98. The molecule has 0 aliphatic rings. The summed E-state index contributed by atoms with van der Waals surface area (Å²) in [5.74, 6) is 0.925.